The molecule has 2 atom stereocenters. The molecular formula is C13H15NO. The molecule has 0 aliphatic carbocycles. The van der Waals surface area contributed by atoms with Gasteiger partial charge in [-0.1, -0.05) is 38.1 Å². The van der Waals surface area contributed by atoms with Crippen molar-refractivity contribution in [1.82, 2.24) is 0 Å². The molecule has 2 unspecified atom stereocenters. The van der Waals surface area contributed by atoms with Crippen molar-refractivity contribution in [3.63, 3.8) is 0 Å². The molecule has 1 fully saturated rings. The third-order valence-electron chi connectivity index (χ3n) is 3.19. The van der Waals surface area contributed by atoms with E-state index in [1.807, 2.05) is 0 Å². The van der Waals surface area contributed by atoms with Gasteiger partial charge in [-0.3, -0.25) is 0 Å². The van der Waals surface area contributed by atoms with Gasteiger partial charge in [0, 0.05) is 0 Å². The molecule has 78 valence electrons. The Morgan fingerprint density at radius 2 is 2.00 bits per heavy atom. The maximum atomic E-state index is 8.86. The van der Waals surface area contributed by atoms with E-state index in [0.717, 1.165) is 18.4 Å². The summed E-state index contributed by atoms with van der Waals surface area (Å²) in [5.74, 6) is 0. The van der Waals surface area contributed by atoms with Gasteiger partial charge in [0.2, 0.25) is 0 Å². The molecule has 0 amide bonds. The van der Waals surface area contributed by atoms with Gasteiger partial charge >= 0.3 is 0 Å². The molecule has 15 heavy (non-hydrogen) atoms. The van der Waals surface area contributed by atoms with Gasteiger partial charge in [0.05, 0.1) is 6.07 Å². The van der Waals surface area contributed by atoms with E-state index in [2.05, 4.69) is 44.2 Å². The van der Waals surface area contributed by atoms with Crippen LogP contribution in [-0.4, -0.2) is 6.10 Å². The fraction of sp³-hybridized carbons (Fsp3) is 0.462. The van der Waals surface area contributed by atoms with Gasteiger partial charge < -0.3 is 4.74 Å². The Labute approximate surface area is 90.5 Å². The van der Waals surface area contributed by atoms with Crippen LogP contribution >= 0.6 is 0 Å². The maximum Gasteiger partial charge on any atom is 0.178 e. The highest BCUT2D eigenvalue weighted by atomic mass is 16.6. The zero-order chi connectivity index (χ0) is 10.9. The second-order valence-electron chi connectivity index (χ2n) is 3.92. The third kappa shape index (κ3) is 1.53. The zero-order valence-corrected chi connectivity index (χ0v) is 9.16. The molecule has 0 saturated carbocycles. The molecule has 2 rings (SSSR count). The Bertz CT molecular complexity index is 390. The van der Waals surface area contributed by atoms with Crippen molar-refractivity contribution in [2.75, 3.05) is 0 Å². The molecule has 1 aliphatic heterocycles. The molecule has 0 radical (unpaired) electrons. The lowest BCUT2D eigenvalue weighted by Crippen LogP contribution is -2.10. The van der Waals surface area contributed by atoms with Crippen LogP contribution in [0, 0.1) is 11.3 Å². The predicted molar refractivity (Wildman–Crippen MR) is 58.3 cm³/mol. The lowest BCUT2D eigenvalue weighted by Gasteiger charge is -2.09. The van der Waals surface area contributed by atoms with E-state index >= 15 is 0 Å². The number of aryl methyl sites for hydroxylation is 1. The van der Waals surface area contributed by atoms with E-state index < -0.39 is 0 Å². The van der Waals surface area contributed by atoms with Crippen LogP contribution in [-0.2, 0) is 16.8 Å². The number of ether oxygens (including phenoxy) is 1. The summed E-state index contributed by atoms with van der Waals surface area (Å²) in [6.45, 7) is 4.20. The van der Waals surface area contributed by atoms with Gasteiger partial charge in [-0.2, -0.15) is 5.26 Å². The first-order valence-corrected chi connectivity index (χ1v) is 5.43. The number of epoxide rings is 1. The standard InChI is InChI=1S/C13H15NO/c1-3-10-5-7-11(8-6-10)13(4-2)12(9-14)15-13/h5-8,12H,3-4H2,1-2H3. The van der Waals surface area contributed by atoms with E-state index in [1.54, 1.807) is 0 Å². The normalized spacial score (nSPS) is 28.5. The van der Waals surface area contributed by atoms with Crippen LogP contribution in [0.3, 0.4) is 0 Å². The van der Waals surface area contributed by atoms with Crippen molar-refractivity contribution >= 4 is 0 Å². The molecule has 0 spiro atoms. The smallest absolute Gasteiger partial charge is 0.178 e. The highest BCUT2D eigenvalue weighted by molar-refractivity contribution is 5.34. The lowest BCUT2D eigenvalue weighted by molar-refractivity contribution is 0.295. The first-order chi connectivity index (χ1) is 7.26. The Balaban J connectivity index is 2.27. The Morgan fingerprint density at radius 3 is 2.40 bits per heavy atom. The van der Waals surface area contributed by atoms with Crippen molar-refractivity contribution in [2.24, 2.45) is 0 Å². The van der Waals surface area contributed by atoms with Crippen molar-refractivity contribution in [3.05, 3.63) is 35.4 Å². The monoisotopic (exact) mass is 201 g/mol. The molecule has 0 bridgehead atoms. The number of hydrogen-bond acceptors (Lipinski definition) is 2. The van der Waals surface area contributed by atoms with Gasteiger partial charge in [0.1, 0.15) is 5.60 Å². The highest BCUT2D eigenvalue weighted by Crippen LogP contribution is 2.48. The molecular weight excluding hydrogens is 186 g/mol. The van der Waals surface area contributed by atoms with Crippen LogP contribution in [0.4, 0.5) is 0 Å². The second-order valence-corrected chi connectivity index (χ2v) is 3.92. The minimum Gasteiger partial charge on any atom is -0.345 e. The molecule has 1 aromatic carbocycles. The summed E-state index contributed by atoms with van der Waals surface area (Å²) in [4.78, 5) is 0. The van der Waals surface area contributed by atoms with Crippen LogP contribution in [0.1, 0.15) is 31.4 Å². The first-order valence-electron chi connectivity index (χ1n) is 5.43. The zero-order valence-electron chi connectivity index (χ0n) is 9.16. The van der Waals surface area contributed by atoms with E-state index in [9.17, 15) is 0 Å². The quantitative estimate of drug-likeness (QED) is 0.705. The predicted octanol–water partition coefficient (Wildman–Crippen LogP) is 2.78. The molecule has 0 aromatic heterocycles. The Morgan fingerprint density at radius 1 is 1.33 bits per heavy atom. The largest absolute Gasteiger partial charge is 0.345 e. The molecule has 1 aliphatic rings. The van der Waals surface area contributed by atoms with Crippen LogP contribution in [0.2, 0.25) is 0 Å². The lowest BCUT2D eigenvalue weighted by atomic mass is 9.92. The summed E-state index contributed by atoms with van der Waals surface area (Å²) in [6, 6.07) is 10.6. The molecule has 1 aromatic rings. The van der Waals surface area contributed by atoms with E-state index in [4.69, 9.17) is 10.00 Å². The van der Waals surface area contributed by atoms with E-state index in [0.29, 0.717) is 0 Å². The van der Waals surface area contributed by atoms with Gasteiger partial charge in [0.25, 0.3) is 0 Å². The molecule has 0 N–H and O–H groups in total. The molecule has 2 nitrogen and oxygen atoms in total. The first kappa shape index (κ1) is 10.2. The average molecular weight is 201 g/mol. The van der Waals surface area contributed by atoms with Crippen LogP contribution < -0.4 is 0 Å². The highest BCUT2D eigenvalue weighted by Gasteiger charge is 2.56. The summed E-state index contributed by atoms with van der Waals surface area (Å²) in [5.41, 5.74) is 2.13. The fourth-order valence-electron chi connectivity index (χ4n) is 2.02. The summed E-state index contributed by atoms with van der Waals surface area (Å²) >= 11 is 0. The molecule has 2 heteroatoms. The Hall–Kier alpha value is -1.33. The summed E-state index contributed by atoms with van der Waals surface area (Å²) < 4.78 is 5.50. The minimum absolute atomic E-state index is 0.255. The van der Waals surface area contributed by atoms with Crippen molar-refractivity contribution < 1.29 is 4.74 Å². The number of nitrogens with zero attached hydrogens (tertiary/aromatic N) is 1. The number of hydrogen-bond donors (Lipinski definition) is 0. The summed E-state index contributed by atoms with van der Waals surface area (Å²) in [5, 5.41) is 8.86. The SMILES string of the molecule is CCc1ccc(C2(CC)OC2C#N)cc1. The number of nitriles is 1. The van der Waals surface area contributed by atoms with Crippen LogP contribution in [0.25, 0.3) is 0 Å². The number of rotatable bonds is 3. The van der Waals surface area contributed by atoms with Crippen molar-refractivity contribution in [3.8, 4) is 6.07 Å². The van der Waals surface area contributed by atoms with E-state index in [-0.39, 0.29) is 11.7 Å². The summed E-state index contributed by atoms with van der Waals surface area (Å²) in [7, 11) is 0. The van der Waals surface area contributed by atoms with Gasteiger partial charge in [-0.15, -0.1) is 0 Å². The topological polar surface area (TPSA) is 36.3 Å². The van der Waals surface area contributed by atoms with Gasteiger partial charge in [-0.05, 0) is 24.0 Å². The average Bonchev–Trinajstić information content (AvgIpc) is 3.04. The third-order valence-corrected chi connectivity index (χ3v) is 3.19. The Kier molecular flexibility index (Phi) is 2.50. The minimum atomic E-state index is -0.318. The van der Waals surface area contributed by atoms with Gasteiger partial charge in [-0.25, -0.2) is 0 Å². The number of benzene rings is 1. The van der Waals surface area contributed by atoms with Crippen molar-refractivity contribution in [2.45, 2.75) is 38.4 Å². The van der Waals surface area contributed by atoms with Crippen LogP contribution in [0.5, 0.6) is 0 Å². The van der Waals surface area contributed by atoms with Crippen LogP contribution in [0.15, 0.2) is 24.3 Å². The second kappa shape index (κ2) is 3.67. The summed E-state index contributed by atoms with van der Waals surface area (Å²) in [6.07, 6.45) is 1.65. The molecule has 1 saturated heterocycles. The fourth-order valence-corrected chi connectivity index (χ4v) is 2.02. The molecule has 1 heterocycles. The van der Waals surface area contributed by atoms with E-state index in [1.165, 1.54) is 5.56 Å². The van der Waals surface area contributed by atoms with Crippen molar-refractivity contribution in [1.29, 1.82) is 5.26 Å². The van der Waals surface area contributed by atoms with Gasteiger partial charge in [0.15, 0.2) is 6.10 Å². The maximum absolute atomic E-state index is 8.86.